The Bertz CT molecular complexity index is 892. The maximum absolute atomic E-state index is 14.2. The molecule has 1 N–H and O–H groups in total. The molecule has 5 nitrogen and oxygen atoms in total. The van der Waals surface area contributed by atoms with Gasteiger partial charge in [0.1, 0.15) is 11.5 Å². The van der Waals surface area contributed by atoms with Gasteiger partial charge in [0.05, 0.1) is 17.3 Å². The van der Waals surface area contributed by atoms with Crippen LogP contribution in [-0.2, 0) is 0 Å². The van der Waals surface area contributed by atoms with Crippen molar-refractivity contribution in [2.24, 2.45) is 0 Å². The quantitative estimate of drug-likeness (QED) is 0.738. The third-order valence-corrected chi connectivity index (χ3v) is 3.16. The van der Waals surface area contributed by atoms with E-state index in [4.69, 9.17) is 17.5 Å². The maximum Gasteiger partial charge on any atom is 0.200 e. The van der Waals surface area contributed by atoms with Crippen LogP contribution in [0, 0.1) is 21.9 Å². The number of nitrogens with zero attached hydrogens (tertiary/aromatic N) is 4. The number of halogens is 1. The third kappa shape index (κ3) is 2.32. The maximum atomic E-state index is 14.2. The van der Waals surface area contributed by atoms with Crippen molar-refractivity contribution < 1.29 is 4.39 Å². The van der Waals surface area contributed by atoms with Crippen molar-refractivity contribution in [3.63, 3.8) is 0 Å². The third-order valence-electron chi connectivity index (χ3n) is 2.88. The van der Waals surface area contributed by atoms with Crippen molar-refractivity contribution >= 4 is 12.2 Å². The summed E-state index contributed by atoms with van der Waals surface area (Å²) in [4.78, 5) is 4.19. The van der Waals surface area contributed by atoms with Crippen LogP contribution >= 0.6 is 12.2 Å². The molecule has 21 heavy (non-hydrogen) atoms. The molecule has 0 radical (unpaired) electrons. The molecule has 7 heteroatoms. The lowest BCUT2D eigenvalue weighted by Gasteiger charge is -2.07. The Balaban J connectivity index is 2.23. The van der Waals surface area contributed by atoms with E-state index in [2.05, 4.69) is 15.2 Å². The van der Waals surface area contributed by atoms with Crippen molar-refractivity contribution in [1.82, 2.24) is 19.7 Å². The minimum absolute atomic E-state index is 0.216. The number of hydrogen-bond donors (Lipinski definition) is 1. The predicted octanol–water partition coefficient (Wildman–Crippen LogP) is 3.00. The zero-order valence-electron chi connectivity index (χ0n) is 10.6. The van der Waals surface area contributed by atoms with Crippen molar-refractivity contribution in [3.8, 4) is 23.3 Å². The largest absolute Gasteiger partial charge is 0.264 e. The molecule has 0 atom stereocenters. The standard InChI is InChI=1S/C14H8FN5S/c15-10-7-9(8-16)4-5-12(10)20-13(18-19-14(20)21)11-3-1-2-6-17-11/h1-7H,(H,19,21). The van der Waals surface area contributed by atoms with E-state index in [1.54, 1.807) is 24.4 Å². The molecule has 0 spiro atoms. The Kier molecular flexibility index (Phi) is 3.30. The first-order chi connectivity index (χ1) is 10.2. The zero-order chi connectivity index (χ0) is 14.8. The monoisotopic (exact) mass is 297 g/mol. The molecular formula is C14H8FN5S. The van der Waals surface area contributed by atoms with E-state index < -0.39 is 5.82 Å². The molecule has 1 aromatic carbocycles. The number of aromatic nitrogens is 4. The van der Waals surface area contributed by atoms with E-state index in [9.17, 15) is 4.39 Å². The lowest BCUT2D eigenvalue weighted by molar-refractivity contribution is 0.617. The molecule has 3 aromatic rings. The molecule has 0 aliphatic carbocycles. The van der Waals surface area contributed by atoms with Crippen LogP contribution in [0.1, 0.15) is 5.56 Å². The molecule has 0 amide bonds. The van der Waals surface area contributed by atoms with Crippen molar-refractivity contribution in [2.45, 2.75) is 0 Å². The summed E-state index contributed by atoms with van der Waals surface area (Å²) in [6.07, 6.45) is 1.62. The van der Waals surface area contributed by atoms with Gasteiger partial charge >= 0.3 is 0 Å². The van der Waals surface area contributed by atoms with Crippen molar-refractivity contribution in [3.05, 3.63) is 58.7 Å². The summed E-state index contributed by atoms with van der Waals surface area (Å²) in [5, 5.41) is 15.5. The van der Waals surface area contributed by atoms with Gasteiger partial charge in [-0.3, -0.25) is 14.6 Å². The summed E-state index contributed by atoms with van der Waals surface area (Å²) in [6.45, 7) is 0. The normalized spacial score (nSPS) is 10.3. The Morgan fingerprint density at radius 1 is 1.29 bits per heavy atom. The van der Waals surface area contributed by atoms with Gasteiger partial charge in [0.25, 0.3) is 0 Å². The summed E-state index contributed by atoms with van der Waals surface area (Å²) < 4.78 is 15.9. The highest BCUT2D eigenvalue weighted by Gasteiger charge is 2.15. The van der Waals surface area contributed by atoms with Crippen LogP contribution < -0.4 is 0 Å². The van der Waals surface area contributed by atoms with Crippen LogP contribution in [0.25, 0.3) is 17.2 Å². The number of aromatic amines is 1. The van der Waals surface area contributed by atoms with Gasteiger partial charge in [0.2, 0.25) is 0 Å². The lowest BCUT2D eigenvalue weighted by Crippen LogP contribution is -2.02. The van der Waals surface area contributed by atoms with Gasteiger partial charge in [-0.1, -0.05) is 6.07 Å². The fraction of sp³-hybridized carbons (Fsp3) is 0. The second-order valence-electron chi connectivity index (χ2n) is 4.18. The van der Waals surface area contributed by atoms with Gasteiger partial charge in [-0.15, -0.1) is 0 Å². The van der Waals surface area contributed by atoms with Crippen LogP contribution in [-0.4, -0.2) is 19.7 Å². The van der Waals surface area contributed by atoms with Crippen molar-refractivity contribution in [1.29, 1.82) is 5.26 Å². The average Bonchev–Trinajstić information content (AvgIpc) is 2.89. The molecule has 0 aliphatic heterocycles. The second kappa shape index (κ2) is 5.26. The first kappa shape index (κ1) is 13.1. The lowest BCUT2D eigenvalue weighted by atomic mass is 10.2. The summed E-state index contributed by atoms with van der Waals surface area (Å²) >= 11 is 5.16. The number of rotatable bonds is 2. The van der Waals surface area contributed by atoms with Crippen LogP contribution in [0.3, 0.4) is 0 Å². The Morgan fingerprint density at radius 2 is 2.14 bits per heavy atom. The van der Waals surface area contributed by atoms with Crippen LogP contribution in [0.15, 0.2) is 42.6 Å². The summed E-state index contributed by atoms with van der Waals surface area (Å²) in [5.41, 5.74) is 1.02. The van der Waals surface area contributed by atoms with Gasteiger partial charge in [-0.2, -0.15) is 10.4 Å². The molecule has 0 saturated heterocycles. The minimum atomic E-state index is -0.552. The number of nitriles is 1. The number of H-pyrrole nitrogens is 1. The smallest absolute Gasteiger partial charge is 0.200 e. The Labute approximate surface area is 124 Å². The molecule has 0 bridgehead atoms. The zero-order valence-corrected chi connectivity index (χ0v) is 11.4. The first-order valence-corrected chi connectivity index (χ1v) is 6.40. The molecule has 0 aliphatic rings. The molecule has 102 valence electrons. The highest BCUT2D eigenvalue weighted by Crippen LogP contribution is 2.22. The Hall–Kier alpha value is -2.85. The molecule has 0 saturated carbocycles. The van der Waals surface area contributed by atoms with E-state index in [-0.39, 0.29) is 16.0 Å². The van der Waals surface area contributed by atoms with Crippen LogP contribution in [0.5, 0.6) is 0 Å². The summed E-state index contributed by atoms with van der Waals surface area (Å²) in [6, 6.07) is 11.4. The highest BCUT2D eigenvalue weighted by molar-refractivity contribution is 7.71. The predicted molar refractivity (Wildman–Crippen MR) is 76.7 cm³/mol. The molecular weight excluding hydrogens is 289 g/mol. The van der Waals surface area contributed by atoms with Gasteiger partial charge in [0, 0.05) is 6.20 Å². The minimum Gasteiger partial charge on any atom is -0.264 e. The van der Waals surface area contributed by atoms with Gasteiger partial charge in [-0.05, 0) is 42.5 Å². The molecule has 0 fully saturated rings. The molecule has 3 rings (SSSR count). The van der Waals surface area contributed by atoms with Gasteiger partial charge < -0.3 is 0 Å². The average molecular weight is 297 g/mol. The summed E-state index contributed by atoms with van der Waals surface area (Å²) in [7, 11) is 0. The van der Waals surface area contributed by atoms with Gasteiger partial charge in [-0.25, -0.2) is 4.39 Å². The first-order valence-electron chi connectivity index (χ1n) is 5.99. The molecule has 2 aromatic heterocycles. The van der Waals surface area contributed by atoms with E-state index in [1.165, 1.54) is 16.7 Å². The Morgan fingerprint density at radius 3 is 2.81 bits per heavy atom. The number of nitrogens with one attached hydrogen (secondary N) is 1. The fourth-order valence-corrected chi connectivity index (χ4v) is 2.18. The molecule has 0 unspecified atom stereocenters. The van der Waals surface area contributed by atoms with E-state index >= 15 is 0 Å². The van der Waals surface area contributed by atoms with E-state index in [1.807, 2.05) is 6.07 Å². The SMILES string of the molecule is N#Cc1ccc(-n2c(-c3ccccn3)n[nH]c2=S)c(F)c1. The number of benzene rings is 1. The van der Waals surface area contributed by atoms with Crippen LogP contribution in [0.4, 0.5) is 4.39 Å². The topological polar surface area (TPSA) is 70.3 Å². The second-order valence-corrected chi connectivity index (χ2v) is 4.57. The number of pyridine rings is 1. The van der Waals surface area contributed by atoms with E-state index in [0.717, 1.165) is 6.07 Å². The highest BCUT2D eigenvalue weighted by atomic mass is 32.1. The fourth-order valence-electron chi connectivity index (χ4n) is 1.95. The van der Waals surface area contributed by atoms with E-state index in [0.29, 0.717) is 11.5 Å². The van der Waals surface area contributed by atoms with Crippen molar-refractivity contribution in [2.75, 3.05) is 0 Å². The van der Waals surface area contributed by atoms with Gasteiger partial charge in [0.15, 0.2) is 10.6 Å². The molecule has 2 heterocycles. The summed E-state index contributed by atoms with van der Waals surface area (Å²) in [5.74, 6) is -0.145. The number of hydrogen-bond acceptors (Lipinski definition) is 4. The van der Waals surface area contributed by atoms with Crippen LogP contribution in [0.2, 0.25) is 0 Å².